The molecular formula is C20H21ClN4O2. The van der Waals surface area contributed by atoms with Gasteiger partial charge in [0.15, 0.2) is 5.82 Å². The van der Waals surface area contributed by atoms with Crippen molar-refractivity contribution in [3.8, 4) is 5.69 Å². The molecule has 0 unspecified atom stereocenters. The number of nitrogens with zero attached hydrogens (tertiary/aromatic N) is 4. The summed E-state index contributed by atoms with van der Waals surface area (Å²) in [5.41, 5.74) is 4.42. The molecule has 2 aromatic heterocycles. The molecule has 0 amide bonds. The monoisotopic (exact) mass is 384 g/mol. The van der Waals surface area contributed by atoms with E-state index in [0.717, 1.165) is 59.8 Å². The highest BCUT2D eigenvalue weighted by Gasteiger charge is 2.37. The van der Waals surface area contributed by atoms with Crippen molar-refractivity contribution in [1.82, 2.24) is 19.9 Å². The number of hydrogen-bond acceptors (Lipinski definition) is 5. The summed E-state index contributed by atoms with van der Waals surface area (Å²) >= 11 is 7.10. The van der Waals surface area contributed by atoms with Crippen LogP contribution in [-0.2, 0) is 22.8 Å². The highest BCUT2D eigenvalue weighted by atomic mass is 35.5. The van der Waals surface area contributed by atoms with Gasteiger partial charge in [-0.25, -0.2) is 0 Å². The predicted octanol–water partition coefficient (Wildman–Crippen LogP) is 4.39. The molecule has 2 aliphatic rings. The van der Waals surface area contributed by atoms with E-state index in [-0.39, 0.29) is 4.87 Å². The zero-order valence-corrected chi connectivity index (χ0v) is 15.9. The van der Waals surface area contributed by atoms with Crippen LogP contribution in [0.3, 0.4) is 0 Å². The molecule has 3 aromatic rings. The highest BCUT2D eigenvalue weighted by molar-refractivity contribution is 6.24. The van der Waals surface area contributed by atoms with Crippen LogP contribution in [0.2, 0.25) is 0 Å². The van der Waals surface area contributed by atoms with Crippen molar-refractivity contribution in [2.24, 2.45) is 0 Å². The van der Waals surface area contributed by atoms with Crippen molar-refractivity contribution in [3.63, 3.8) is 0 Å². The second kappa shape index (κ2) is 6.46. The van der Waals surface area contributed by atoms with E-state index in [2.05, 4.69) is 33.6 Å². The first-order chi connectivity index (χ1) is 13.1. The SMILES string of the molecule is Cc1cc(C2CCC(Cl)(c3ccc4c(c3)COCc3nncn3-4)CC2)no1. The molecule has 5 rings (SSSR count). The summed E-state index contributed by atoms with van der Waals surface area (Å²) in [5.74, 6) is 2.12. The lowest BCUT2D eigenvalue weighted by Gasteiger charge is -2.35. The molecule has 0 bridgehead atoms. The summed E-state index contributed by atoms with van der Waals surface area (Å²) in [4.78, 5) is -0.341. The van der Waals surface area contributed by atoms with Gasteiger partial charge in [-0.05, 0) is 50.3 Å². The minimum Gasteiger partial charge on any atom is -0.369 e. The van der Waals surface area contributed by atoms with E-state index in [1.54, 1.807) is 6.33 Å². The molecule has 140 valence electrons. The Balaban J connectivity index is 1.40. The Hall–Kier alpha value is -2.18. The highest BCUT2D eigenvalue weighted by Crippen LogP contribution is 2.48. The molecule has 0 atom stereocenters. The van der Waals surface area contributed by atoms with Gasteiger partial charge < -0.3 is 9.26 Å². The molecule has 1 saturated carbocycles. The Morgan fingerprint density at radius 3 is 2.81 bits per heavy atom. The van der Waals surface area contributed by atoms with Gasteiger partial charge in [-0.3, -0.25) is 4.57 Å². The largest absolute Gasteiger partial charge is 0.369 e. The molecule has 0 saturated heterocycles. The van der Waals surface area contributed by atoms with Crippen LogP contribution in [0.25, 0.3) is 5.69 Å². The number of alkyl halides is 1. The molecule has 1 aliphatic heterocycles. The normalized spacial score (nSPS) is 24.9. The van der Waals surface area contributed by atoms with Crippen molar-refractivity contribution in [3.05, 3.63) is 59.0 Å². The molecule has 3 heterocycles. The second-order valence-corrected chi connectivity index (χ2v) is 8.28. The summed E-state index contributed by atoms with van der Waals surface area (Å²) in [6.45, 7) is 2.96. The van der Waals surface area contributed by atoms with E-state index in [0.29, 0.717) is 19.1 Å². The molecule has 0 spiro atoms. The molecule has 0 radical (unpaired) electrons. The van der Waals surface area contributed by atoms with E-state index < -0.39 is 0 Å². The minimum atomic E-state index is -0.341. The van der Waals surface area contributed by atoms with Crippen molar-refractivity contribution < 1.29 is 9.26 Å². The topological polar surface area (TPSA) is 66.0 Å². The van der Waals surface area contributed by atoms with Crippen LogP contribution in [0.4, 0.5) is 0 Å². The number of hydrogen-bond donors (Lipinski definition) is 0. The lowest BCUT2D eigenvalue weighted by Crippen LogP contribution is -2.26. The fourth-order valence-electron chi connectivity index (χ4n) is 4.26. The number of aromatic nitrogens is 4. The first-order valence-electron chi connectivity index (χ1n) is 9.35. The van der Waals surface area contributed by atoms with Gasteiger partial charge in [0.1, 0.15) is 18.7 Å². The van der Waals surface area contributed by atoms with Crippen LogP contribution in [-0.4, -0.2) is 19.9 Å². The summed E-state index contributed by atoms with van der Waals surface area (Å²) in [6, 6.07) is 8.49. The molecule has 7 heteroatoms. The third-order valence-corrected chi connectivity index (χ3v) is 6.40. The van der Waals surface area contributed by atoms with Crippen LogP contribution in [0, 0.1) is 6.92 Å². The van der Waals surface area contributed by atoms with Crippen LogP contribution in [0.1, 0.15) is 60.0 Å². The zero-order chi connectivity index (χ0) is 18.4. The molecule has 1 aliphatic carbocycles. The maximum absolute atomic E-state index is 7.10. The summed E-state index contributed by atoms with van der Waals surface area (Å²) in [5, 5.41) is 12.3. The third-order valence-electron chi connectivity index (χ3n) is 5.81. The van der Waals surface area contributed by atoms with Gasteiger partial charge in [-0.15, -0.1) is 21.8 Å². The van der Waals surface area contributed by atoms with E-state index in [9.17, 15) is 0 Å². The first-order valence-corrected chi connectivity index (χ1v) is 9.73. The maximum atomic E-state index is 7.10. The summed E-state index contributed by atoms with van der Waals surface area (Å²) in [7, 11) is 0. The van der Waals surface area contributed by atoms with Gasteiger partial charge in [0, 0.05) is 17.5 Å². The lowest BCUT2D eigenvalue weighted by atomic mass is 9.76. The van der Waals surface area contributed by atoms with Crippen LogP contribution in [0.5, 0.6) is 0 Å². The van der Waals surface area contributed by atoms with Gasteiger partial charge in [0.2, 0.25) is 0 Å². The maximum Gasteiger partial charge on any atom is 0.163 e. The lowest BCUT2D eigenvalue weighted by molar-refractivity contribution is 0.105. The molecular weight excluding hydrogens is 364 g/mol. The zero-order valence-electron chi connectivity index (χ0n) is 15.2. The molecule has 6 nitrogen and oxygen atoms in total. The second-order valence-electron chi connectivity index (χ2n) is 7.56. The number of fused-ring (bicyclic) bond motifs is 3. The third kappa shape index (κ3) is 2.97. The van der Waals surface area contributed by atoms with E-state index in [4.69, 9.17) is 20.9 Å². The van der Waals surface area contributed by atoms with Crippen molar-refractivity contribution in [2.45, 2.75) is 56.6 Å². The minimum absolute atomic E-state index is 0.341. The van der Waals surface area contributed by atoms with Crippen LogP contribution >= 0.6 is 11.6 Å². The fraction of sp³-hybridized carbons (Fsp3) is 0.450. The first kappa shape index (κ1) is 17.0. The van der Waals surface area contributed by atoms with Crippen molar-refractivity contribution >= 4 is 11.6 Å². The Morgan fingerprint density at radius 2 is 2.04 bits per heavy atom. The van der Waals surface area contributed by atoms with Gasteiger partial charge in [0.25, 0.3) is 0 Å². The predicted molar refractivity (Wildman–Crippen MR) is 99.8 cm³/mol. The van der Waals surface area contributed by atoms with Crippen LogP contribution < -0.4 is 0 Å². The quantitative estimate of drug-likeness (QED) is 0.613. The number of ether oxygens (including phenoxy) is 1. The number of benzene rings is 1. The summed E-state index contributed by atoms with van der Waals surface area (Å²) < 4.78 is 13.0. The number of halogens is 1. The molecule has 1 aromatic carbocycles. The standard InChI is InChI=1S/C20H21ClN4O2/c1-13-8-17(24-27-13)14-4-6-20(21,7-5-14)16-2-3-18-15(9-16)10-26-11-19-23-22-12-25(18)19/h2-3,8-9,12,14H,4-7,10-11H2,1H3. The Bertz CT molecular complexity index is 972. The molecule has 1 fully saturated rings. The van der Waals surface area contributed by atoms with E-state index in [1.807, 2.05) is 17.6 Å². The smallest absolute Gasteiger partial charge is 0.163 e. The number of rotatable bonds is 2. The van der Waals surface area contributed by atoms with Crippen LogP contribution in [0.15, 0.2) is 35.1 Å². The van der Waals surface area contributed by atoms with Crippen molar-refractivity contribution in [1.29, 1.82) is 0 Å². The average molecular weight is 385 g/mol. The number of aryl methyl sites for hydroxylation is 1. The van der Waals surface area contributed by atoms with Gasteiger partial charge in [-0.1, -0.05) is 11.2 Å². The van der Waals surface area contributed by atoms with Crippen molar-refractivity contribution in [2.75, 3.05) is 0 Å². The Kier molecular flexibility index (Phi) is 4.06. The fourth-order valence-corrected chi connectivity index (χ4v) is 4.60. The van der Waals surface area contributed by atoms with E-state index in [1.165, 1.54) is 0 Å². The Labute approximate surface area is 162 Å². The van der Waals surface area contributed by atoms with Gasteiger partial charge in [0.05, 0.1) is 22.9 Å². The van der Waals surface area contributed by atoms with Gasteiger partial charge in [-0.2, -0.15) is 0 Å². The summed E-state index contributed by atoms with van der Waals surface area (Å²) in [6.07, 6.45) is 5.60. The van der Waals surface area contributed by atoms with E-state index >= 15 is 0 Å². The Morgan fingerprint density at radius 1 is 1.19 bits per heavy atom. The molecule has 0 N–H and O–H groups in total. The average Bonchev–Trinajstić information content (AvgIpc) is 3.28. The molecule has 27 heavy (non-hydrogen) atoms. The van der Waals surface area contributed by atoms with Gasteiger partial charge >= 0.3 is 0 Å².